The first-order valence-electron chi connectivity index (χ1n) is 10.7. The van der Waals surface area contributed by atoms with E-state index in [0.29, 0.717) is 35.4 Å². The van der Waals surface area contributed by atoms with Gasteiger partial charge in [0.1, 0.15) is 30.1 Å². The summed E-state index contributed by atoms with van der Waals surface area (Å²) >= 11 is 0. The zero-order valence-electron chi connectivity index (χ0n) is 18.4. The molecule has 166 valence electrons. The van der Waals surface area contributed by atoms with Crippen LogP contribution in [0.5, 0.6) is 11.5 Å². The van der Waals surface area contributed by atoms with E-state index in [-0.39, 0.29) is 0 Å². The van der Waals surface area contributed by atoms with Crippen LogP contribution in [0.4, 0.5) is 17.3 Å². The van der Waals surface area contributed by atoms with Gasteiger partial charge in [-0.15, -0.1) is 0 Å². The predicted octanol–water partition coefficient (Wildman–Crippen LogP) is 5.25. The normalized spacial score (nSPS) is 12.5. The van der Waals surface area contributed by atoms with Crippen molar-refractivity contribution in [2.24, 2.45) is 4.99 Å². The van der Waals surface area contributed by atoms with E-state index in [1.165, 1.54) is 0 Å². The second-order valence-electron chi connectivity index (χ2n) is 7.60. The maximum Gasteiger partial charge on any atom is 0.227 e. The molecular formula is C26H21N7O. The van der Waals surface area contributed by atoms with Crippen molar-refractivity contribution in [3.63, 3.8) is 0 Å². The van der Waals surface area contributed by atoms with Crippen molar-refractivity contribution in [2.75, 3.05) is 17.0 Å². The number of hydrazine groups is 1. The van der Waals surface area contributed by atoms with Gasteiger partial charge < -0.3 is 10.1 Å². The van der Waals surface area contributed by atoms with Crippen LogP contribution in [-0.4, -0.2) is 22.5 Å². The first kappa shape index (κ1) is 21.0. The molecule has 8 nitrogen and oxygen atoms in total. The third-order valence-electron chi connectivity index (χ3n) is 5.20. The third kappa shape index (κ3) is 4.64. The van der Waals surface area contributed by atoms with Gasteiger partial charge in [0.2, 0.25) is 5.95 Å². The van der Waals surface area contributed by atoms with Gasteiger partial charge in [-0.3, -0.25) is 10.4 Å². The smallest absolute Gasteiger partial charge is 0.227 e. The maximum absolute atomic E-state index is 9.64. The summed E-state index contributed by atoms with van der Waals surface area (Å²) in [6, 6.07) is 26.8. The molecule has 0 saturated carbocycles. The van der Waals surface area contributed by atoms with Crippen LogP contribution in [0.2, 0.25) is 0 Å². The number of anilines is 3. The van der Waals surface area contributed by atoms with Crippen molar-refractivity contribution in [1.29, 1.82) is 5.26 Å². The van der Waals surface area contributed by atoms with Crippen molar-refractivity contribution in [1.82, 2.24) is 15.4 Å². The lowest BCUT2D eigenvalue weighted by Crippen LogP contribution is -2.34. The van der Waals surface area contributed by atoms with Crippen LogP contribution >= 0.6 is 0 Å². The van der Waals surface area contributed by atoms with Crippen LogP contribution in [-0.2, 0) is 0 Å². The van der Waals surface area contributed by atoms with Gasteiger partial charge in [-0.25, -0.2) is 15.0 Å². The fraction of sp³-hybridized carbons (Fsp3) is 0.0769. The molecule has 2 N–H and O–H groups in total. The number of aliphatic imine (C=N–C) groups is 1. The second-order valence-corrected chi connectivity index (χ2v) is 7.60. The molecule has 0 aliphatic carbocycles. The molecule has 0 amide bonds. The van der Waals surface area contributed by atoms with Gasteiger partial charge in [0, 0.05) is 17.4 Å². The molecule has 1 aromatic heterocycles. The minimum atomic E-state index is 0.430. The number of benzene rings is 3. The van der Waals surface area contributed by atoms with E-state index in [9.17, 15) is 5.26 Å². The van der Waals surface area contributed by atoms with Crippen molar-refractivity contribution in [2.45, 2.75) is 6.92 Å². The van der Waals surface area contributed by atoms with Gasteiger partial charge >= 0.3 is 0 Å². The fourth-order valence-corrected chi connectivity index (χ4v) is 3.50. The molecule has 0 unspecified atom stereocenters. The zero-order valence-corrected chi connectivity index (χ0v) is 18.4. The fourth-order valence-electron chi connectivity index (χ4n) is 3.50. The van der Waals surface area contributed by atoms with Gasteiger partial charge in [0.15, 0.2) is 0 Å². The highest BCUT2D eigenvalue weighted by Crippen LogP contribution is 2.29. The molecule has 0 atom stereocenters. The summed E-state index contributed by atoms with van der Waals surface area (Å²) in [5.74, 6) is 2.53. The Balaban J connectivity index is 1.32. The summed E-state index contributed by atoms with van der Waals surface area (Å²) in [6.07, 6.45) is 1.69. The van der Waals surface area contributed by atoms with Crippen LogP contribution in [0.25, 0.3) is 11.3 Å². The topological polar surface area (TPSA) is 98.5 Å². The van der Waals surface area contributed by atoms with Crippen molar-refractivity contribution >= 4 is 23.2 Å². The van der Waals surface area contributed by atoms with E-state index >= 15 is 0 Å². The predicted molar refractivity (Wildman–Crippen MR) is 132 cm³/mol. The Morgan fingerprint density at radius 1 is 1.03 bits per heavy atom. The van der Waals surface area contributed by atoms with Crippen molar-refractivity contribution < 1.29 is 4.74 Å². The lowest BCUT2D eigenvalue weighted by molar-refractivity contribution is 0.481. The van der Waals surface area contributed by atoms with Crippen LogP contribution in [0, 0.1) is 11.3 Å². The summed E-state index contributed by atoms with van der Waals surface area (Å²) in [5, 5.41) is 14.8. The van der Waals surface area contributed by atoms with Crippen molar-refractivity contribution in [3.05, 3.63) is 90.6 Å². The average Bonchev–Trinajstić information content (AvgIpc) is 3.32. The number of hydrogen-bond acceptors (Lipinski definition) is 8. The summed E-state index contributed by atoms with van der Waals surface area (Å²) < 4.78 is 5.86. The number of ether oxygens (including phenoxy) is 1. The molecule has 3 aromatic carbocycles. The molecular weight excluding hydrogens is 426 g/mol. The summed E-state index contributed by atoms with van der Waals surface area (Å²) in [5.41, 5.74) is 7.01. The summed E-state index contributed by atoms with van der Waals surface area (Å²) in [7, 11) is 0. The van der Waals surface area contributed by atoms with E-state index < -0.39 is 0 Å². The monoisotopic (exact) mass is 447 g/mol. The molecule has 0 radical (unpaired) electrons. The van der Waals surface area contributed by atoms with Gasteiger partial charge in [-0.1, -0.05) is 18.2 Å². The molecule has 34 heavy (non-hydrogen) atoms. The highest BCUT2D eigenvalue weighted by molar-refractivity contribution is 5.83. The molecule has 4 aromatic rings. The van der Waals surface area contributed by atoms with Gasteiger partial charge in [-0.2, -0.15) is 5.26 Å². The Morgan fingerprint density at radius 2 is 1.85 bits per heavy atom. The Labute approximate surface area is 197 Å². The molecule has 0 fully saturated rings. The van der Waals surface area contributed by atoms with Crippen LogP contribution in [0.3, 0.4) is 0 Å². The zero-order chi connectivity index (χ0) is 23.3. The highest BCUT2D eigenvalue weighted by atomic mass is 16.5. The number of nitrogens with one attached hydrogen (secondary N) is 2. The lowest BCUT2D eigenvalue weighted by atomic mass is 10.1. The standard InChI is InChI=1S/C26H21N7O/c1-18-29-17-33(32-18)22-10-8-21(9-11-22)30-26-28-14-13-24(31-26)19-7-12-25(20(15-19)16-27)34-23-5-3-2-4-6-23/h2-15H,17H2,1H3,(H,29,32)(H,28,30,31). The van der Waals surface area contributed by atoms with E-state index in [4.69, 9.17) is 4.74 Å². The number of amidine groups is 1. The minimum Gasteiger partial charge on any atom is -0.456 e. The summed E-state index contributed by atoms with van der Waals surface area (Å²) in [6.45, 7) is 2.52. The Bertz CT molecular complexity index is 1380. The van der Waals surface area contributed by atoms with Gasteiger partial charge in [0.05, 0.1) is 16.9 Å². The number of aromatic nitrogens is 2. The first-order valence-corrected chi connectivity index (χ1v) is 10.7. The number of para-hydroxylation sites is 1. The lowest BCUT2D eigenvalue weighted by Gasteiger charge is -2.18. The number of hydrogen-bond donors (Lipinski definition) is 2. The summed E-state index contributed by atoms with van der Waals surface area (Å²) in [4.78, 5) is 13.3. The van der Waals surface area contributed by atoms with E-state index in [2.05, 4.69) is 31.8 Å². The number of nitrogens with zero attached hydrogens (tertiary/aromatic N) is 5. The van der Waals surface area contributed by atoms with Crippen LogP contribution in [0.1, 0.15) is 12.5 Å². The van der Waals surface area contributed by atoms with Gasteiger partial charge in [0.25, 0.3) is 0 Å². The maximum atomic E-state index is 9.64. The molecule has 1 aliphatic heterocycles. The molecule has 0 bridgehead atoms. The van der Waals surface area contributed by atoms with Crippen molar-refractivity contribution in [3.8, 4) is 28.8 Å². The SMILES string of the molecule is CC1=NCN(c2ccc(Nc3nccc(-c4ccc(Oc5ccccc5)c(C#N)c4)n3)cc2)N1. The van der Waals surface area contributed by atoms with E-state index in [1.807, 2.05) is 78.7 Å². The van der Waals surface area contributed by atoms with Crippen LogP contribution in [0.15, 0.2) is 90.1 Å². The largest absolute Gasteiger partial charge is 0.456 e. The Kier molecular flexibility index (Phi) is 5.74. The molecule has 0 spiro atoms. The van der Waals surface area contributed by atoms with E-state index in [1.54, 1.807) is 18.3 Å². The second kappa shape index (κ2) is 9.30. The molecule has 8 heteroatoms. The molecule has 2 heterocycles. The Hall–Kier alpha value is -4.90. The van der Waals surface area contributed by atoms with E-state index in [0.717, 1.165) is 22.8 Å². The minimum absolute atomic E-state index is 0.430. The molecule has 0 saturated heterocycles. The number of nitriles is 1. The first-order chi connectivity index (χ1) is 16.7. The highest BCUT2D eigenvalue weighted by Gasteiger charge is 2.12. The van der Waals surface area contributed by atoms with Gasteiger partial charge in [-0.05, 0) is 67.6 Å². The average molecular weight is 448 g/mol. The quantitative estimate of drug-likeness (QED) is 0.416. The molecule has 1 aliphatic rings. The number of rotatable bonds is 6. The Morgan fingerprint density at radius 3 is 2.59 bits per heavy atom. The third-order valence-corrected chi connectivity index (χ3v) is 5.20. The van der Waals surface area contributed by atoms with Crippen LogP contribution < -0.4 is 20.5 Å². The molecule has 5 rings (SSSR count).